The maximum absolute atomic E-state index is 12.5. The molecular formula is C6H6F4N2. The number of alkyl halides is 3. The molecule has 1 aromatic heterocycles. The number of rotatable bonds is 1. The monoisotopic (exact) mass is 182 g/mol. The van der Waals surface area contributed by atoms with Crippen LogP contribution in [0.2, 0.25) is 0 Å². The van der Waals surface area contributed by atoms with Gasteiger partial charge in [-0.3, -0.25) is 0 Å². The molecule has 6 heteroatoms. The van der Waals surface area contributed by atoms with Gasteiger partial charge in [-0.2, -0.15) is 17.6 Å². The van der Waals surface area contributed by atoms with Crippen molar-refractivity contribution in [1.29, 1.82) is 0 Å². The molecule has 0 radical (unpaired) electrons. The summed E-state index contributed by atoms with van der Waals surface area (Å²) in [6, 6.07) is -1.29. The van der Waals surface area contributed by atoms with Gasteiger partial charge in [-0.25, -0.2) is 0 Å². The summed E-state index contributed by atoms with van der Waals surface area (Å²) in [6.07, 6.45) is -3.54. The maximum atomic E-state index is 12.5. The molecule has 1 atom stereocenters. The summed E-state index contributed by atoms with van der Waals surface area (Å²) in [5.74, 6) is -1.04. The Labute approximate surface area is 65.4 Å². The molecule has 0 saturated heterocycles. The number of hydrogen-bond donors (Lipinski definition) is 2. The predicted octanol–water partition coefficient (Wildman–Crippen LogP) is 1.72. The molecule has 3 N–H and O–H groups in total. The number of halogens is 4. The van der Waals surface area contributed by atoms with E-state index in [9.17, 15) is 17.6 Å². The fraction of sp³-hybridized carbons (Fsp3) is 0.333. The third-order valence-corrected chi connectivity index (χ3v) is 1.41. The van der Waals surface area contributed by atoms with Gasteiger partial charge in [0.05, 0.1) is 0 Å². The van der Waals surface area contributed by atoms with Crippen molar-refractivity contribution in [2.75, 3.05) is 0 Å². The van der Waals surface area contributed by atoms with Crippen LogP contribution in [0.3, 0.4) is 0 Å². The van der Waals surface area contributed by atoms with Gasteiger partial charge >= 0.3 is 6.18 Å². The van der Waals surface area contributed by atoms with Crippen molar-refractivity contribution in [2.24, 2.45) is 5.73 Å². The standard InChI is InChI=1S/C6H6F4N2/c7-5-3(1-2-12-5)4(11)6(8,9)10/h1-2,4,12H,11H2/t4-/m1/s1. The molecule has 12 heavy (non-hydrogen) atoms. The SMILES string of the molecule is N[C@H](c1cc[nH]c1F)C(F)(F)F. The molecule has 0 aliphatic carbocycles. The number of aromatic amines is 1. The molecule has 2 nitrogen and oxygen atoms in total. The van der Waals surface area contributed by atoms with Crippen LogP contribution in [-0.2, 0) is 0 Å². The van der Waals surface area contributed by atoms with Crippen LogP contribution in [0.25, 0.3) is 0 Å². The van der Waals surface area contributed by atoms with Crippen LogP contribution in [0.1, 0.15) is 11.6 Å². The molecular weight excluding hydrogens is 176 g/mol. The van der Waals surface area contributed by atoms with Crippen LogP contribution in [0.4, 0.5) is 17.6 Å². The van der Waals surface area contributed by atoms with E-state index < -0.39 is 23.7 Å². The Hall–Kier alpha value is -1.04. The van der Waals surface area contributed by atoms with Gasteiger partial charge in [0.2, 0.25) is 0 Å². The first-order valence-electron chi connectivity index (χ1n) is 3.08. The van der Waals surface area contributed by atoms with Crippen molar-refractivity contribution in [3.63, 3.8) is 0 Å². The highest BCUT2D eigenvalue weighted by atomic mass is 19.4. The van der Waals surface area contributed by atoms with Gasteiger partial charge < -0.3 is 10.7 Å². The molecule has 0 spiro atoms. The van der Waals surface area contributed by atoms with E-state index in [0.717, 1.165) is 12.3 Å². The summed E-state index contributed by atoms with van der Waals surface area (Å²) >= 11 is 0. The molecule has 1 rings (SSSR count). The summed E-state index contributed by atoms with van der Waals surface area (Å²) in [5, 5.41) is 0. The number of H-pyrrole nitrogens is 1. The van der Waals surface area contributed by atoms with Crippen molar-refractivity contribution in [3.8, 4) is 0 Å². The number of nitrogens with one attached hydrogen (secondary N) is 1. The first-order chi connectivity index (χ1) is 5.43. The molecule has 0 aromatic carbocycles. The van der Waals surface area contributed by atoms with Crippen molar-refractivity contribution in [3.05, 3.63) is 23.8 Å². The Morgan fingerprint density at radius 3 is 2.33 bits per heavy atom. The quantitative estimate of drug-likeness (QED) is 0.638. The van der Waals surface area contributed by atoms with Crippen LogP contribution < -0.4 is 5.73 Å². The third-order valence-electron chi connectivity index (χ3n) is 1.41. The fourth-order valence-electron chi connectivity index (χ4n) is 0.778. The molecule has 68 valence electrons. The minimum atomic E-state index is -4.61. The number of nitrogens with two attached hydrogens (primary N) is 1. The van der Waals surface area contributed by atoms with Crippen molar-refractivity contribution in [2.45, 2.75) is 12.2 Å². The third kappa shape index (κ3) is 1.58. The first-order valence-corrected chi connectivity index (χ1v) is 3.08. The van der Waals surface area contributed by atoms with Gasteiger partial charge in [-0.15, -0.1) is 0 Å². The molecule has 0 saturated carbocycles. The second-order valence-corrected chi connectivity index (χ2v) is 2.27. The Morgan fingerprint density at radius 2 is 2.00 bits per heavy atom. The van der Waals surface area contributed by atoms with E-state index in [4.69, 9.17) is 5.73 Å². The van der Waals surface area contributed by atoms with Crippen molar-refractivity contribution < 1.29 is 17.6 Å². The molecule has 0 aliphatic heterocycles. The highest BCUT2D eigenvalue weighted by Crippen LogP contribution is 2.31. The Bertz CT molecular complexity index is 265. The minimum absolute atomic E-state index is 0.567. The van der Waals surface area contributed by atoms with Crippen molar-refractivity contribution in [1.82, 2.24) is 4.98 Å². The van der Waals surface area contributed by atoms with Gasteiger partial charge in [0.1, 0.15) is 6.04 Å². The lowest BCUT2D eigenvalue weighted by molar-refractivity contribution is -0.149. The highest BCUT2D eigenvalue weighted by molar-refractivity contribution is 5.17. The van der Waals surface area contributed by atoms with E-state index in [1.165, 1.54) is 0 Å². The van der Waals surface area contributed by atoms with Crippen LogP contribution in [0.5, 0.6) is 0 Å². The van der Waals surface area contributed by atoms with Crippen molar-refractivity contribution >= 4 is 0 Å². The van der Waals surface area contributed by atoms with Gasteiger partial charge in [-0.1, -0.05) is 0 Å². The van der Waals surface area contributed by atoms with Gasteiger partial charge in [0.15, 0.2) is 5.95 Å². The molecule has 1 aromatic rings. The average molecular weight is 182 g/mol. The van der Waals surface area contributed by atoms with Crippen LogP contribution >= 0.6 is 0 Å². The number of hydrogen-bond acceptors (Lipinski definition) is 1. The van der Waals surface area contributed by atoms with E-state index in [1.54, 1.807) is 0 Å². The Kier molecular flexibility index (Phi) is 2.10. The van der Waals surface area contributed by atoms with Crippen LogP contribution in [0.15, 0.2) is 12.3 Å². The van der Waals surface area contributed by atoms with E-state index in [1.807, 2.05) is 4.98 Å². The second-order valence-electron chi connectivity index (χ2n) is 2.27. The summed E-state index contributed by atoms with van der Waals surface area (Å²) in [6.45, 7) is 0. The molecule has 0 aliphatic rings. The second kappa shape index (κ2) is 2.78. The molecule has 0 unspecified atom stereocenters. The number of aromatic nitrogens is 1. The van der Waals surface area contributed by atoms with E-state index in [0.29, 0.717) is 0 Å². The maximum Gasteiger partial charge on any atom is 0.407 e. The Balaban J connectivity index is 2.92. The summed E-state index contributed by atoms with van der Waals surface area (Å²) in [4.78, 5) is 1.97. The molecule has 1 heterocycles. The summed E-state index contributed by atoms with van der Waals surface area (Å²) in [7, 11) is 0. The largest absolute Gasteiger partial charge is 0.407 e. The minimum Gasteiger partial charge on any atom is -0.338 e. The van der Waals surface area contributed by atoms with Crippen LogP contribution in [0, 0.1) is 5.95 Å². The molecule has 0 fully saturated rings. The lowest BCUT2D eigenvalue weighted by Crippen LogP contribution is -2.28. The molecule has 0 amide bonds. The topological polar surface area (TPSA) is 41.8 Å². The zero-order valence-corrected chi connectivity index (χ0v) is 5.82. The predicted molar refractivity (Wildman–Crippen MR) is 33.7 cm³/mol. The average Bonchev–Trinajstić information content (AvgIpc) is 2.31. The van der Waals surface area contributed by atoms with E-state index >= 15 is 0 Å². The summed E-state index contributed by atoms with van der Waals surface area (Å²) in [5.41, 5.74) is 4.17. The zero-order chi connectivity index (χ0) is 9.35. The summed E-state index contributed by atoms with van der Waals surface area (Å²) < 4.78 is 48.2. The molecule has 0 bridgehead atoms. The smallest absolute Gasteiger partial charge is 0.338 e. The van der Waals surface area contributed by atoms with E-state index in [-0.39, 0.29) is 0 Å². The fourth-order valence-corrected chi connectivity index (χ4v) is 0.778. The van der Waals surface area contributed by atoms with Gasteiger partial charge in [-0.05, 0) is 6.07 Å². The van der Waals surface area contributed by atoms with E-state index in [2.05, 4.69) is 0 Å². The zero-order valence-electron chi connectivity index (χ0n) is 5.82. The Morgan fingerprint density at radius 1 is 1.42 bits per heavy atom. The van der Waals surface area contributed by atoms with Gasteiger partial charge in [0, 0.05) is 11.8 Å². The first kappa shape index (κ1) is 9.05. The normalized spacial score (nSPS) is 14.8. The van der Waals surface area contributed by atoms with Crippen LogP contribution in [-0.4, -0.2) is 11.2 Å². The lowest BCUT2D eigenvalue weighted by atomic mass is 10.1. The van der Waals surface area contributed by atoms with Gasteiger partial charge in [0.25, 0.3) is 0 Å². The lowest BCUT2D eigenvalue weighted by Gasteiger charge is -2.13. The highest BCUT2D eigenvalue weighted by Gasteiger charge is 2.39.